The van der Waals surface area contributed by atoms with Crippen molar-refractivity contribution in [3.63, 3.8) is 0 Å². The lowest BCUT2D eigenvalue weighted by molar-refractivity contribution is -0.195. The zero-order valence-electron chi connectivity index (χ0n) is 17.6. The van der Waals surface area contributed by atoms with Crippen LogP contribution in [0.3, 0.4) is 0 Å². The number of fused-ring (bicyclic) bond motifs is 1. The van der Waals surface area contributed by atoms with Crippen LogP contribution in [0.1, 0.15) is 5.82 Å². The van der Waals surface area contributed by atoms with Gasteiger partial charge in [-0.15, -0.1) is 20.7 Å². The maximum absolute atomic E-state index is 13.2. The molecule has 0 aliphatic heterocycles. The predicted molar refractivity (Wildman–Crippen MR) is 131 cm³/mol. The van der Waals surface area contributed by atoms with E-state index in [1.165, 1.54) is 35.0 Å². The molecule has 4 rings (SSSR count). The molecule has 0 aliphatic rings. The first-order valence-corrected chi connectivity index (χ1v) is 12.9. The van der Waals surface area contributed by atoms with Crippen molar-refractivity contribution in [2.75, 3.05) is 5.32 Å². The largest absolute Gasteiger partial charge is 0.333 e. The van der Waals surface area contributed by atoms with Crippen LogP contribution in [0.25, 0.3) is 16.7 Å². The number of amides is 2. The second-order valence-corrected chi connectivity index (χ2v) is 11.1. The van der Waals surface area contributed by atoms with Crippen LogP contribution in [-0.4, -0.2) is 29.0 Å². The van der Waals surface area contributed by atoms with Crippen molar-refractivity contribution in [1.82, 2.24) is 19.3 Å². The smallest absolute Gasteiger partial charge is 0.306 e. The van der Waals surface area contributed by atoms with Gasteiger partial charge in [0.2, 0.25) is 0 Å². The van der Waals surface area contributed by atoms with Crippen LogP contribution in [0.5, 0.6) is 0 Å². The lowest BCUT2D eigenvalue weighted by atomic mass is 10.2. The molecule has 0 spiro atoms. The highest BCUT2D eigenvalue weighted by Gasteiger charge is 2.20. The van der Waals surface area contributed by atoms with Crippen molar-refractivity contribution < 1.29 is 22.5 Å². The van der Waals surface area contributed by atoms with Crippen LogP contribution >= 0.6 is 35.0 Å². The number of carbonyl (C=O) groups is 1. The van der Waals surface area contributed by atoms with Crippen molar-refractivity contribution in [2.45, 2.75) is 16.0 Å². The number of carbonyl (C=O) groups excluding carboxylic acids is 1. The number of nitrogens with zero attached hydrogens (tertiary/aromatic N) is 3. The van der Waals surface area contributed by atoms with E-state index in [-0.39, 0.29) is 25.6 Å². The van der Waals surface area contributed by atoms with E-state index in [0.29, 0.717) is 21.6 Å². The number of benzene rings is 1. The summed E-state index contributed by atoms with van der Waals surface area (Å²) in [7, 11) is -4.08. The minimum absolute atomic E-state index is 0.103. The Morgan fingerprint density at radius 1 is 1.23 bits per heavy atom. The molecule has 35 heavy (non-hydrogen) atoms. The van der Waals surface area contributed by atoms with Gasteiger partial charge in [-0.05, 0) is 49.4 Å². The molecule has 2 amide bonds. The van der Waals surface area contributed by atoms with E-state index in [0.717, 1.165) is 23.4 Å². The predicted octanol–water partition coefficient (Wildman–Crippen LogP) is 3.14. The monoisotopic (exact) mass is 554 g/mol. The summed E-state index contributed by atoms with van der Waals surface area (Å²) in [5.41, 5.74) is 0.294. The molecule has 0 unspecified atom stereocenters. The molecule has 0 bridgehead atoms. The van der Waals surface area contributed by atoms with E-state index < -0.39 is 16.1 Å². The fraction of sp³-hybridized carbons (Fsp3) is 0.0526. The van der Waals surface area contributed by atoms with Crippen LogP contribution in [0.15, 0.2) is 62.6 Å². The summed E-state index contributed by atoms with van der Waals surface area (Å²) < 4.78 is 32.5. The number of hydrogen-bond acceptors (Lipinski definition) is 11. The molecule has 3 heterocycles. The van der Waals surface area contributed by atoms with Crippen LogP contribution in [-0.2, 0) is 19.3 Å². The first-order valence-electron chi connectivity index (χ1n) is 9.47. The van der Waals surface area contributed by atoms with Crippen molar-refractivity contribution in [3.05, 3.63) is 69.2 Å². The SMILES string of the molecule is Cc1nc2ccc(SOON)cc2c(=O)n1-c1ccc(NC(=O)NS(=O)(=O)c2ccc(Cl)s2)cn1. The number of hydrogen-bond donors (Lipinski definition) is 3. The highest BCUT2D eigenvalue weighted by atomic mass is 35.5. The van der Waals surface area contributed by atoms with Gasteiger partial charge in [0.25, 0.3) is 15.6 Å². The van der Waals surface area contributed by atoms with Crippen molar-refractivity contribution >= 4 is 67.6 Å². The summed E-state index contributed by atoms with van der Waals surface area (Å²) in [6.45, 7) is 1.65. The quantitative estimate of drug-likeness (QED) is 0.175. The summed E-state index contributed by atoms with van der Waals surface area (Å²) in [5, 5.41) is 2.69. The van der Waals surface area contributed by atoms with E-state index >= 15 is 0 Å². The van der Waals surface area contributed by atoms with E-state index in [1.54, 1.807) is 25.1 Å². The van der Waals surface area contributed by atoms with E-state index in [9.17, 15) is 18.0 Å². The van der Waals surface area contributed by atoms with Crippen molar-refractivity contribution in [2.24, 2.45) is 5.90 Å². The van der Waals surface area contributed by atoms with E-state index in [4.69, 9.17) is 17.5 Å². The number of nitrogens with two attached hydrogens (primary N) is 1. The normalized spacial score (nSPS) is 11.5. The van der Waals surface area contributed by atoms with Crippen LogP contribution in [0.4, 0.5) is 10.5 Å². The number of urea groups is 1. The highest BCUT2D eigenvalue weighted by molar-refractivity contribution is 7.94. The third kappa shape index (κ3) is 5.62. The number of rotatable bonds is 7. The summed E-state index contributed by atoms with van der Waals surface area (Å²) in [5.74, 6) is 5.47. The lowest BCUT2D eigenvalue weighted by Crippen LogP contribution is -2.34. The van der Waals surface area contributed by atoms with Crippen LogP contribution in [0.2, 0.25) is 4.34 Å². The Morgan fingerprint density at radius 2 is 2.03 bits per heavy atom. The van der Waals surface area contributed by atoms with E-state index in [2.05, 4.69) is 24.6 Å². The standard InChI is InChI=1S/C19H15ClN6O6S3/c1-10-23-14-4-3-12(34-32-31-21)8-13(14)18(27)26(10)16-6-2-11(9-22-16)24-19(28)25-35(29,30)17-7-5-15(20)33-17/h2-9H,21H2,1H3,(H2,24,25,28). The Morgan fingerprint density at radius 3 is 2.69 bits per heavy atom. The summed E-state index contributed by atoms with van der Waals surface area (Å²) in [6.07, 6.45) is 1.28. The molecule has 16 heteroatoms. The van der Waals surface area contributed by atoms with Gasteiger partial charge in [0, 0.05) is 4.90 Å². The minimum atomic E-state index is -4.08. The van der Waals surface area contributed by atoms with Crippen molar-refractivity contribution in [1.29, 1.82) is 0 Å². The number of anilines is 1. The van der Waals surface area contributed by atoms with Gasteiger partial charge in [0.1, 0.15) is 15.9 Å². The van der Waals surface area contributed by atoms with Gasteiger partial charge in [-0.2, -0.15) is 5.90 Å². The number of thiophene rings is 1. The van der Waals surface area contributed by atoms with Gasteiger partial charge in [-0.1, -0.05) is 11.6 Å². The van der Waals surface area contributed by atoms with Crippen LogP contribution in [0, 0.1) is 6.92 Å². The molecule has 0 radical (unpaired) electrons. The summed E-state index contributed by atoms with van der Waals surface area (Å²) >= 11 is 7.40. The van der Waals surface area contributed by atoms with Gasteiger partial charge in [-0.25, -0.2) is 32.5 Å². The fourth-order valence-electron chi connectivity index (χ4n) is 3.02. The highest BCUT2D eigenvalue weighted by Crippen LogP contribution is 2.25. The fourth-order valence-corrected chi connectivity index (χ4v) is 5.82. The molecule has 0 fully saturated rings. The molecule has 0 saturated heterocycles. The Labute approximate surface area is 211 Å². The van der Waals surface area contributed by atoms with Gasteiger partial charge >= 0.3 is 6.03 Å². The topological polar surface area (TPSA) is 168 Å². The van der Waals surface area contributed by atoms with Gasteiger partial charge in [0.15, 0.2) is 0 Å². The molecule has 0 atom stereocenters. The zero-order chi connectivity index (χ0) is 25.2. The lowest BCUT2D eigenvalue weighted by Gasteiger charge is -2.12. The van der Waals surface area contributed by atoms with E-state index in [1.807, 2.05) is 4.72 Å². The molecule has 1 aromatic carbocycles. The maximum Gasteiger partial charge on any atom is 0.333 e. The number of pyridine rings is 1. The summed E-state index contributed by atoms with van der Waals surface area (Å²) in [6, 6.07) is 9.59. The average molecular weight is 555 g/mol. The molecule has 4 aromatic rings. The average Bonchev–Trinajstić information content (AvgIpc) is 3.26. The number of aromatic nitrogens is 3. The van der Waals surface area contributed by atoms with Crippen molar-refractivity contribution in [3.8, 4) is 5.82 Å². The molecule has 0 saturated carbocycles. The maximum atomic E-state index is 13.2. The number of nitrogens with one attached hydrogen (secondary N) is 2. The molecular weight excluding hydrogens is 540 g/mol. The summed E-state index contributed by atoms with van der Waals surface area (Å²) in [4.78, 5) is 38.6. The number of sulfonamides is 1. The molecular formula is C19H15ClN6O6S3. The number of halogens is 1. The Hall–Kier alpha value is -3.05. The molecule has 182 valence electrons. The second kappa shape index (κ2) is 10.3. The zero-order valence-corrected chi connectivity index (χ0v) is 20.8. The Balaban J connectivity index is 1.55. The van der Waals surface area contributed by atoms with Gasteiger partial charge in [0.05, 0.1) is 39.2 Å². The Bertz CT molecular complexity index is 1570. The van der Waals surface area contributed by atoms with Gasteiger partial charge in [-0.3, -0.25) is 4.79 Å². The molecule has 3 aromatic heterocycles. The molecule has 12 nitrogen and oxygen atoms in total. The minimum Gasteiger partial charge on any atom is -0.306 e. The molecule has 0 aliphatic carbocycles. The Kier molecular flexibility index (Phi) is 7.36. The first kappa shape index (κ1) is 25.1. The number of aryl methyl sites for hydroxylation is 1. The van der Waals surface area contributed by atoms with Gasteiger partial charge < -0.3 is 5.32 Å². The first-order chi connectivity index (χ1) is 16.7. The third-order valence-electron chi connectivity index (χ3n) is 4.45. The molecule has 4 N–H and O–H groups in total. The second-order valence-electron chi connectivity index (χ2n) is 6.75. The van der Waals surface area contributed by atoms with Crippen LogP contribution < -0.4 is 21.5 Å². The third-order valence-corrected chi connectivity index (χ3v) is 8.10.